The number of amides is 2. The molecular formula is C26H43N3O5S. The Hall–Kier alpha value is -1.19. The predicted molar refractivity (Wildman–Crippen MR) is 133 cm³/mol. The quantitative estimate of drug-likeness (QED) is 0.582. The maximum Gasteiger partial charge on any atom is 0.252 e. The fraction of sp³-hybridized carbons (Fsp3) is 0.923. The zero-order valence-electron chi connectivity index (χ0n) is 21.4. The van der Waals surface area contributed by atoms with Gasteiger partial charge in [0.15, 0.2) is 0 Å². The van der Waals surface area contributed by atoms with Crippen molar-refractivity contribution in [2.24, 2.45) is 17.8 Å². The van der Waals surface area contributed by atoms with Crippen LogP contribution < -0.4 is 0 Å². The molecule has 5 fully saturated rings. The van der Waals surface area contributed by atoms with E-state index in [1.54, 1.807) is 11.2 Å². The van der Waals surface area contributed by atoms with Crippen LogP contribution in [-0.2, 0) is 24.3 Å². The van der Waals surface area contributed by atoms with Gasteiger partial charge in [-0.2, -0.15) is 0 Å². The summed E-state index contributed by atoms with van der Waals surface area (Å²) in [4.78, 5) is 30.2. The van der Waals surface area contributed by atoms with Gasteiger partial charge in [-0.15, -0.1) is 0 Å². The first-order valence-electron chi connectivity index (χ1n) is 13.9. The van der Waals surface area contributed by atoms with Crippen LogP contribution in [0.4, 0.5) is 0 Å². The number of sulfonamides is 1. The van der Waals surface area contributed by atoms with Crippen LogP contribution in [0, 0.1) is 17.8 Å². The number of hydrogen-bond acceptors (Lipinski definition) is 5. The highest BCUT2D eigenvalue weighted by molar-refractivity contribution is 7.89. The lowest BCUT2D eigenvalue weighted by Gasteiger charge is -2.55. The minimum Gasteiger partial charge on any atom is -0.368 e. The van der Waals surface area contributed by atoms with Crippen molar-refractivity contribution in [2.75, 3.05) is 32.0 Å². The van der Waals surface area contributed by atoms with E-state index in [1.807, 2.05) is 4.90 Å². The van der Waals surface area contributed by atoms with Gasteiger partial charge in [-0.05, 0) is 88.9 Å². The zero-order chi connectivity index (χ0) is 24.7. The summed E-state index contributed by atoms with van der Waals surface area (Å²) in [6.07, 6.45) is 9.71. The lowest BCUT2D eigenvalue weighted by molar-refractivity contribution is -0.160. The topological polar surface area (TPSA) is 87.2 Å². The molecule has 0 aromatic carbocycles. The van der Waals surface area contributed by atoms with Crippen molar-refractivity contribution in [3.63, 3.8) is 0 Å². The normalized spacial score (nSPS) is 40.0. The summed E-state index contributed by atoms with van der Waals surface area (Å²) < 4.78 is 31.9. The van der Waals surface area contributed by atoms with E-state index in [1.165, 1.54) is 0 Å². The zero-order valence-corrected chi connectivity index (χ0v) is 22.3. The summed E-state index contributed by atoms with van der Waals surface area (Å²) in [7, 11) is -3.02. The van der Waals surface area contributed by atoms with Gasteiger partial charge in [-0.3, -0.25) is 9.59 Å². The first-order chi connectivity index (χ1) is 16.7. The van der Waals surface area contributed by atoms with E-state index < -0.39 is 10.0 Å². The molecule has 5 rings (SSSR count). The number of carbonyl (C=O) groups excluding carboxylic acids is 2. The van der Waals surface area contributed by atoms with E-state index in [0.29, 0.717) is 49.7 Å². The van der Waals surface area contributed by atoms with Crippen molar-refractivity contribution >= 4 is 21.8 Å². The third-order valence-corrected chi connectivity index (χ3v) is 11.5. The first-order valence-corrected chi connectivity index (χ1v) is 15.5. The molecule has 2 aliphatic carbocycles. The lowest BCUT2D eigenvalue weighted by Crippen LogP contribution is -2.68. The van der Waals surface area contributed by atoms with Gasteiger partial charge < -0.3 is 14.5 Å². The van der Waals surface area contributed by atoms with Crippen molar-refractivity contribution in [1.82, 2.24) is 14.1 Å². The number of ether oxygens (including phenoxy) is 1. The molecule has 2 saturated carbocycles. The second-order valence-electron chi connectivity index (χ2n) is 11.8. The minimum absolute atomic E-state index is 0.0351. The van der Waals surface area contributed by atoms with Gasteiger partial charge in [0.2, 0.25) is 15.9 Å². The Morgan fingerprint density at radius 1 is 0.943 bits per heavy atom. The fourth-order valence-electron chi connectivity index (χ4n) is 7.87. The molecule has 35 heavy (non-hydrogen) atoms. The lowest BCUT2D eigenvalue weighted by atomic mass is 9.68. The second kappa shape index (κ2) is 10.3. The smallest absolute Gasteiger partial charge is 0.252 e. The van der Waals surface area contributed by atoms with Crippen LogP contribution in [-0.4, -0.2) is 90.6 Å². The van der Waals surface area contributed by atoms with Crippen molar-refractivity contribution in [2.45, 2.75) is 102 Å². The highest BCUT2D eigenvalue weighted by Crippen LogP contribution is 2.44. The molecule has 198 valence electrons. The SMILES string of the molecule is CC(=O)N1C2CCC(C3CCC(CN4CCCS4(=O)=O)CC3)CC2N(C(=O)C2CCCO2)C[C@@H]1C. The molecule has 0 aromatic heterocycles. The first kappa shape index (κ1) is 25.5. The standard InChI is InChI=1S/C26H43N3O5S/c1-18-16-28(26(31)25-5-3-13-34-25)24-15-22(10-11-23(24)29(18)19(2)30)21-8-6-20(7-9-21)17-27-12-4-14-35(27,32)33/h18,20-25H,3-17H2,1-2H3/t18-,20?,21?,22?,23?,24?,25?/m0/s1. The molecule has 5 aliphatic rings. The van der Waals surface area contributed by atoms with Gasteiger partial charge in [0.25, 0.3) is 5.91 Å². The number of carbonyl (C=O) groups is 2. The molecule has 9 heteroatoms. The Labute approximate surface area is 210 Å². The summed E-state index contributed by atoms with van der Waals surface area (Å²) in [5.41, 5.74) is 0. The van der Waals surface area contributed by atoms with Crippen molar-refractivity contribution in [3.8, 4) is 0 Å². The molecule has 0 N–H and O–H groups in total. The molecular weight excluding hydrogens is 466 g/mol. The molecule has 2 amide bonds. The largest absolute Gasteiger partial charge is 0.368 e. The van der Waals surface area contributed by atoms with Crippen LogP contribution in [0.3, 0.4) is 0 Å². The average Bonchev–Trinajstić information content (AvgIpc) is 3.48. The summed E-state index contributed by atoms with van der Waals surface area (Å²) >= 11 is 0. The molecule has 3 heterocycles. The van der Waals surface area contributed by atoms with Gasteiger partial charge in [0.05, 0.1) is 17.8 Å². The third kappa shape index (κ3) is 5.14. The number of nitrogens with zero attached hydrogens (tertiary/aromatic N) is 3. The number of rotatable bonds is 4. The van der Waals surface area contributed by atoms with Gasteiger partial charge in [0, 0.05) is 39.2 Å². The van der Waals surface area contributed by atoms with Crippen molar-refractivity contribution in [3.05, 3.63) is 0 Å². The molecule has 0 radical (unpaired) electrons. The van der Waals surface area contributed by atoms with Crippen LogP contribution in [0.2, 0.25) is 0 Å². The van der Waals surface area contributed by atoms with Crippen LogP contribution in [0.25, 0.3) is 0 Å². The minimum atomic E-state index is -3.02. The Balaban J connectivity index is 1.24. The van der Waals surface area contributed by atoms with E-state index in [2.05, 4.69) is 11.8 Å². The Morgan fingerprint density at radius 2 is 1.69 bits per heavy atom. The summed E-state index contributed by atoms with van der Waals surface area (Å²) in [5, 5.41) is 0. The maximum absolute atomic E-state index is 13.5. The number of piperazine rings is 1. The third-order valence-electron chi connectivity index (χ3n) is 9.59. The van der Waals surface area contributed by atoms with Gasteiger partial charge in [-0.1, -0.05) is 0 Å². The van der Waals surface area contributed by atoms with Gasteiger partial charge >= 0.3 is 0 Å². The van der Waals surface area contributed by atoms with E-state index in [0.717, 1.165) is 64.2 Å². The number of fused-ring (bicyclic) bond motifs is 1. The highest BCUT2D eigenvalue weighted by atomic mass is 32.2. The van der Waals surface area contributed by atoms with Gasteiger partial charge in [-0.25, -0.2) is 12.7 Å². The van der Waals surface area contributed by atoms with Gasteiger partial charge in [0.1, 0.15) is 6.10 Å². The van der Waals surface area contributed by atoms with Crippen molar-refractivity contribution in [1.29, 1.82) is 0 Å². The summed E-state index contributed by atoms with van der Waals surface area (Å²) in [6.45, 7) is 6.38. The maximum atomic E-state index is 13.5. The highest BCUT2D eigenvalue weighted by Gasteiger charge is 2.48. The van der Waals surface area contributed by atoms with E-state index >= 15 is 0 Å². The van der Waals surface area contributed by atoms with Crippen LogP contribution in [0.5, 0.6) is 0 Å². The Kier molecular flexibility index (Phi) is 7.48. The molecule has 3 saturated heterocycles. The fourth-order valence-corrected chi connectivity index (χ4v) is 9.46. The summed E-state index contributed by atoms with van der Waals surface area (Å²) in [5.74, 6) is 2.22. The molecule has 5 atom stereocenters. The second-order valence-corrected chi connectivity index (χ2v) is 13.9. The van der Waals surface area contributed by atoms with Crippen LogP contribution >= 0.6 is 0 Å². The Morgan fingerprint density at radius 3 is 2.31 bits per heavy atom. The van der Waals surface area contributed by atoms with Crippen LogP contribution in [0.1, 0.15) is 78.1 Å². The molecule has 0 aromatic rings. The Bertz CT molecular complexity index is 897. The van der Waals surface area contributed by atoms with Crippen LogP contribution in [0.15, 0.2) is 0 Å². The molecule has 4 unspecified atom stereocenters. The van der Waals surface area contributed by atoms with E-state index in [4.69, 9.17) is 4.74 Å². The van der Waals surface area contributed by atoms with Crippen molar-refractivity contribution < 1.29 is 22.7 Å². The monoisotopic (exact) mass is 509 g/mol. The number of hydrogen-bond donors (Lipinski definition) is 0. The predicted octanol–water partition coefficient (Wildman–Crippen LogP) is 2.62. The molecule has 3 aliphatic heterocycles. The molecule has 0 bridgehead atoms. The average molecular weight is 510 g/mol. The summed E-state index contributed by atoms with van der Waals surface area (Å²) in [6, 6.07) is 0.223. The molecule has 8 nitrogen and oxygen atoms in total. The van der Waals surface area contributed by atoms with E-state index in [9.17, 15) is 18.0 Å². The van der Waals surface area contributed by atoms with E-state index in [-0.39, 0.29) is 36.0 Å². The molecule has 0 spiro atoms.